The molecule has 31 heavy (non-hydrogen) atoms. The predicted molar refractivity (Wildman–Crippen MR) is 121 cm³/mol. The Morgan fingerprint density at radius 2 is 2.03 bits per heavy atom. The van der Waals surface area contributed by atoms with Gasteiger partial charge in [-0.2, -0.15) is 13.2 Å². The van der Waals surface area contributed by atoms with E-state index in [1.165, 1.54) is 6.92 Å². The number of halogens is 5. The number of alkyl halides is 4. The summed E-state index contributed by atoms with van der Waals surface area (Å²) < 4.78 is 39.9. The van der Waals surface area contributed by atoms with Gasteiger partial charge in [0.05, 0.1) is 5.56 Å². The van der Waals surface area contributed by atoms with Crippen LogP contribution in [0.25, 0.3) is 0 Å². The fraction of sp³-hybridized carbons (Fsp3) is 0.455. The van der Waals surface area contributed by atoms with E-state index >= 15 is 0 Å². The number of anilines is 2. The zero-order chi connectivity index (χ0) is 22.8. The van der Waals surface area contributed by atoms with Crippen LogP contribution >= 0.6 is 27.5 Å². The molecule has 0 unspecified atom stereocenters. The predicted octanol–water partition coefficient (Wildman–Crippen LogP) is 6.16. The lowest BCUT2D eigenvalue weighted by molar-refractivity contribution is -0.137. The van der Waals surface area contributed by atoms with Crippen LogP contribution in [-0.2, 0) is 11.0 Å². The maximum Gasteiger partial charge on any atom is 0.416 e. The molecule has 3 rings (SSSR count). The molecule has 1 aliphatic heterocycles. The normalized spacial score (nSPS) is 16.6. The summed E-state index contributed by atoms with van der Waals surface area (Å²) in [5.74, 6) is 0.0490. The summed E-state index contributed by atoms with van der Waals surface area (Å²) in [5, 5.41) is 1.34. The summed E-state index contributed by atoms with van der Waals surface area (Å²) >= 11 is 9.55. The van der Waals surface area contributed by atoms with Gasteiger partial charge in [-0.3, -0.25) is 4.79 Å². The third-order valence-electron chi connectivity index (χ3n) is 5.33. The number of hydrogen-bond acceptors (Lipinski definition) is 3. The second-order valence-electron chi connectivity index (χ2n) is 7.67. The van der Waals surface area contributed by atoms with E-state index in [0.29, 0.717) is 31.0 Å². The van der Waals surface area contributed by atoms with Gasteiger partial charge in [0.15, 0.2) is 0 Å². The zero-order valence-electron chi connectivity index (χ0n) is 17.3. The van der Waals surface area contributed by atoms with Crippen molar-refractivity contribution < 1.29 is 18.0 Å². The number of benzene rings is 1. The summed E-state index contributed by atoms with van der Waals surface area (Å²) in [5.41, 5.74) is 1.10. The highest BCUT2D eigenvalue weighted by atomic mass is 79.9. The number of aryl methyl sites for hydroxylation is 2. The van der Waals surface area contributed by atoms with Crippen molar-refractivity contribution in [1.82, 2.24) is 4.98 Å². The Morgan fingerprint density at radius 3 is 2.68 bits per heavy atom. The number of aromatic nitrogens is 1. The fourth-order valence-corrected chi connectivity index (χ4v) is 4.19. The molecule has 1 aliphatic rings. The Hall–Kier alpha value is -1.80. The highest BCUT2D eigenvalue weighted by Crippen LogP contribution is 2.34. The molecular formula is C22H24BrClF3N3O. The lowest BCUT2D eigenvalue weighted by atomic mass is 10.1. The van der Waals surface area contributed by atoms with Crippen LogP contribution in [0, 0.1) is 13.8 Å². The Bertz CT molecular complexity index is 954. The maximum absolute atomic E-state index is 13.6. The Kier molecular flexibility index (Phi) is 7.52. The molecule has 0 aliphatic carbocycles. The minimum absolute atomic E-state index is 0.142. The molecule has 1 atom stereocenters. The fourth-order valence-electron chi connectivity index (χ4n) is 3.82. The van der Waals surface area contributed by atoms with Crippen LogP contribution in [-0.4, -0.2) is 35.4 Å². The topological polar surface area (TPSA) is 36.4 Å². The second-order valence-corrected chi connectivity index (χ2v) is 8.87. The largest absolute Gasteiger partial charge is 0.416 e. The molecule has 0 saturated carbocycles. The molecule has 1 saturated heterocycles. The van der Waals surface area contributed by atoms with Gasteiger partial charge in [0.2, 0.25) is 5.91 Å². The molecule has 4 nitrogen and oxygen atoms in total. The Balaban J connectivity index is 1.94. The summed E-state index contributed by atoms with van der Waals surface area (Å²) in [6, 6.07) is 6.91. The van der Waals surface area contributed by atoms with Gasteiger partial charge in [0, 0.05) is 34.8 Å². The zero-order valence-corrected chi connectivity index (χ0v) is 19.7. The van der Waals surface area contributed by atoms with Gasteiger partial charge in [0.25, 0.3) is 0 Å². The minimum atomic E-state index is -4.47. The summed E-state index contributed by atoms with van der Waals surface area (Å²) in [6.07, 6.45) is -2.46. The monoisotopic (exact) mass is 517 g/mol. The van der Waals surface area contributed by atoms with Gasteiger partial charge in [0.1, 0.15) is 11.9 Å². The molecule has 9 heteroatoms. The van der Waals surface area contributed by atoms with Crippen molar-refractivity contribution in [2.45, 2.75) is 45.3 Å². The molecule has 0 spiro atoms. The number of hydrogen-bond donors (Lipinski definition) is 0. The lowest BCUT2D eigenvalue weighted by Gasteiger charge is -2.31. The standard InChI is InChI=1S/C22H24BrClF3N3O/c1-14-11-17(6-7-18(14)24)29(10-4-8-23)21(31)19-5-3-9-30(19)20-13-16(22(25,26)27)12-15(2)28-20/h6-7,11-13,19H,3-5,8-10H2,1-2H3/t19-/m0/s1. The number of carbonyl (C=O) groups excluding carboxylic acids is 1. The summed E-state index contributed by atoms with van der Waals surface area (Å²) in [6.45, 7) is 4.38. The summed E-state index contributed by atoms with van der Waals surface area (Å²) in [7, 11) is 0. The molecular weight excluding hydrogens is 495 g/mol. The second kappa shape index (κ2) is 9.77. The third-order valence-corrected chi connectivity index (χ3v) is 6.32. The molecule has 1 fully saturated rings. The van der Waals surface area contributed by atoms with Crippen LogP contribution in [0.2, 0.25) is 5.02 Å². The quantitative estimate of drug-likeness (QED) is 0.430. The van der Waals surface area contributed by atoms with Crippen molar-refractivity contribution in [3.05, 3.63) is 52.2 Å². The molecule has 0 bridgehead atoms. The Labute approximate surface area is 193 Å². The van der Waals surface area contributed by atoms with E-state index in [4.69, 9.17) is 11.6 Å². The van der Waals surface area contributed by atoms with Gasteiger partial charge < -0.3 is 9.80 Å². The molecule has 1 aromatic carbocycles. The van der Waals surface area contributed by atoms with Crippen molar-refractivity contribution in [2.75, 3.05) is 28.2 Å². The van der Waals surface area contributed by atoms with Gasteiger partial charge in [-0.15, -0.1) is 0 Å². The first-order chi connectivity index (χ1) is 14.6. The number of pyridine rings is 1. The van der Waals surface area contributed by atoms with Crippen LogP contribution in [0.15, 0.2) is 30.3 Å². The van der Waals surface area contributed by atoms with E-state index < -0.39 is 17.8 Å². The van der Waals surface area contributed by atoms with E-state index in [-0.39, 0.29) is 17.4 Å². The third kappa shape index (κ3) is 5.52. The number of carbonyl (C=O) groups is 1. The molecule has 2 heterocycles. The smallest absolute Gasteiger partial charge is 0.345 e. The number of amides is 1. The van der Waals surface area contributed by atoms with Gasteiger partial charge in [-0.25, -0.2) is 4.98 Å². The Morgan fingerprint density at radius 1 is 1.29 bits per heavy atom. The molecule has 0 N–H and O–H groups in total. The van der Waals surface area contributed by atoms with E-state index in [0.717, 1.165) is 35.1 Å². The summed E-state index contributed by atoms with van der Waals surface area (Å²) in [4.78, 5) is 21.3. The van der Waals surface area contributed by atoms with E-state index in [2.05, 4.69) is 20.9 Å². The molecule has 0 radical (unpaired) electrons. The van der Waals surface area contributed by atoms with Crippen LogP contribution in [0.4, 0.5) is 24.7 Å². The molecule has 2 aromatic rings. The molecule has 1 amide bonds. The van der Waals surface area contributed by atoms with Gasteiger partial charge >= 0.3 is 6.18 Å². The first kappa shape index (κ1) is 23.9. The van der Waals surface area contributed by atoms with E-state index in [1.54, 1.807) is 21.9 Å². The van der Waals surface area contributed by atoms with Crippen LogP contribution in [0.1, 0.15) is 36.1 Å². The van der Waals surface area contributed by atoms with E-state index in [9.17, 15) is 18.0 Å². The molecule has 168 valence electrons. The molecule has 1 aromatic heterocycles. The van der Waals surface area contributed by atoms with Crippen molar-refractivity contribution in [2.24, 2.45) is 0 Å². The van der Waals surface area contributed by atoms with Crippen LogP contribution in [0.3, 0.4) is 0 Å². The van der Waals surface area contributed by atoms with Crippen molar-refractivity contribution in [3.8, 4) is 0 Å². The highest BCUT2D eigenvalue weighted by Gasteiger charge is 2.37. The SMILES string of the molecule is Cc1cc(C(F)(F)F)cc(N2CCC[C@H]2C(=O)N(CCCBr)c2ccc(Cl)c(C)c2)n1. The van der Waals surface area contributed by atoms with Gasteiger partial charge in [-0.1, -0.05) is 27.5 Å². The van der Waals surface area contributed by atoms with Crippen molar-refractivity contribution in [1.29, 1.82) is 0 Å². The highest BCUT2D eigenvalue weighted by molar-refractivity contribution is 9.09. The maximum atomic E-state index is 13.6. The van der Waals surface area contributed by atoms with E-state index in [1.807, 2.05) is 13.0 Å². The number of nitrogens with zero attached hydrogens (tertiary/aromatic N) is 3. The van der Waals surface area contributed by atoms with Gasteiger partial charge in [-0.05, 0) is 69.0 Å². The number of rotatable bonds is 6. The van der Waals surface area contributed by atoms with Crippen LogP contribution < -0.4 is 9.80 Å². The lowest BCUT2D eigenvalue weighted by Crippen LogP contribution is -2.47. The minimum Gasteiger partial charge on any atom is -0.345 e. The average Bonchev–Trinajstić information content (AvgIpc) is 3.19. The first-order valence-corrected chi connectivity index (χ1v) is 11.6. The van der Waals surface area contributed by atoms with Crippen LogP contribution in [0.5, 0.6) is 0 Å². The van der Waals surface area contributed by atoms with Crippen molar-refractivity contribution in [3.63, 3.8) is 0 Å². The van der Waals surface area contributed by atoms with Crippen molar-refractivity contribution >= 4 is 44.9 Å². The average molecular weight is 519 g/mol. The first-order valence-electron chi connectivity index (χ1n) is 10.1.